The summed E-state index contributed by atoms with van der Waals surface area (Å²) in [7, 11) is 0. The van der Waals surface area contributed by atoms with E-state index in [0.29, 0.717) is 12.4 Å². The third-order valence-electron chi connectivity index (χ3n) is 1.99. The molecule has 0 atom stereocenters. The van der Waals surface area contributed by atoms with Crippen LogP contribution in [0.15, 0.2) is 0 Å². The SMILES string of the molecule is Cc1nn(CCO)c(NC(=O)OC(C)(C)C)c1I. The van der Waals surface area contributed by atoms with Crippen LogP contribution in [0.1, 0.15) is 26.5 Å². The molecule has 18 heavy (non-hydrogen) atoms. The number of rotatable bonds is 3. The van der Waals surface area contributed by atoms with Gasteiger partial charge in [0.1, 0.15) is 11.4 Å². The highest BCUT2D eigenvalue weighted by Crippen LogP contribution is 2.22. The monoisotopic (exact) mass is 367 g/mol. The van der Waals surface area contributed by atoms with E-state index in [1.165, 1.54) is 0 Å². The Morgan fingerprint density at radius 1 is 1.56 bits per heavy atom. The number of nitrogens with zero attached hydrogens (tertiary/aromatic N) is 2. The number of carbonyl (C=O) groups is 1. The number of ether oxygens (including phenoxy) is 1. The first-order chi connectivity index (χ1) is 8.24. The number of aryl methyl sites for hydroxylation is 1. The smallest absolute Gasteiger partial charge is 0.413 e. The van der Waals surface area contributed by atoms with Crippen LogP contribution < -0.4 is 5.32 Å². The van der Waals surface area contributed by atoms with Crippen LogP contribution in [0, 0.1) is 10.5 Å². The van der Waals surface area contributed by atoms with Gasteiger partial charge in [-0.15, -0.1) is 0 Å². The van der Waals surface area contributed by atoms with Crippen molar-refractivity contribution in [3.05, 3.63) is 9.26 Å². The maximum atomic E-state index is 11.7. The zero-order chi connectivity index (χ0) is 13.9. The standard InChI is InChI=1S/C11H18IN3O3/c1-7-8(12)9(15(14-7)5-6-16)13-10(17)18-11(2,3)4/h16H,5-6H2,1-4H3,(H,13,17). The highest BCUT2D eigenvalue weighted by molar-refractivity contribution is 14.1. The molecule has 0 bridgehead atoms. The van der Waals surface area contributed by atoms with Crippen LogP contribution >= 0.6 is 22.6 Å². The summed E-state index contributed by atoms with van der Waals surface area (Å²) in [6, 6.07) is 0. The number of aromatic nitrogens is 2. The predicted molar refractivity (Wildman–Crippen MR) is 76.6 cm³/mol. The van der Waals surface area contributed by atoms with Crippen molar-refractivity contribution >= 4 is 34.5 Å². The van der Waals surface area contributed by atoms with Crippen molar-refractivity contribution in [3.63, 3.8) is 0 Å². The molecule has 0 spiro atoms. The molecule has 2 N–H and O–H groups in total. The maximum Gasteiger partial charge on any atom is 0.413 e. The largest absolute Gasteiger partial charge is 0.444 e. The molecule has 102 valence electrons. The van der Waals surface area contributed by atoms with E-state index in [4.69, 9.17) is 9.84 Å². The van der Waals surface area contributed by atoms with Crippen LogP contribution in [0.2, 0.25) is 0 Å². The minimum atomic E-state index is -0.549. The first-order valence-corrected chi connectivity index (χ1v) is 6.66. The van der Waals surface area contributed by atoms with Gasteiger partial charge in [-0.1, -0.05) is 0 Å². The summed E-state index contributed by atoms with van der Waals surface area (Å²) in [5.74, 6) is 0.552. The Labute approximate surface area is 120 Å². The molecule has 0 aliphatic heterocycles. The molecule has 0 aliphatic carbocycles. The van der Waals surface area contributed by atoms with Crippen LogP contribution in [-0.4, -0.2) is 33.2 Å². The van der Waals surface area contributed by atoms with Gasteiger partial charge >= 0.3 is 6.09 Å². The molecular weight excluding hydrogens is 349 g/mol. The molecule has 1 rings (SSSR count). The second kappa shape index (κ2) is 5.87. The molecule has 0 aliphatic rings. The van der Waals surface area contributed by atoms with Crippen molar-refractivity contribution < 1.29 is 14.6 Å². The molecule has 1 aromatic rings. The third-order valence-corrected chi connectivity index (χ3v) is 3.28. The van der Waals surface area contributed by atoms with Crippen LogP contribution in [0.4, 0.5) is 10.6 Å². The molecular formula is C11H18IN3O3. The quantitative estimate of drug-likeness (QED) is 0.803. The molecule has 1 heterocycles. The van der Waals surface area contributed by atoms with Crippen molar-refractivity contribution in [1.29, 1.82) is 0 Å². The molecule has 0 aromatic carbocycles. The average molecular weight is 367 g/mol. The molecule has 6 nitrogen and oxygen atoms in total. The molecule has 0 fully saturated rings. The van der Waals surface area contributed by atoms with E-state index in [1.807, 2.05) is 6.92 Å². The number of anilines is 1. The summed E-state index contributed by atoms with van der Waals surface area (Å²) in [5.41, 5.74) is 0.252. The van der Waals surface area contributed by atoms with Crippen LogP contribution in [-0.2, 0) is 11.3 Å². The van der Waals surface area contributed by atoms with Crippen molar-refractivity contribution in [1.82, 2.24) is 9.78 Å². The number of carbonyl (C=O) groups excluding carboxylic acids is 1. The molecule has 0 radical (unpaired) electrons. The number of amides is 1. The van der Waals surface area contributed by atoms with Crippen molar-refractivity contribution in [2.75, 3.05) is 11.9 Å². The van der Waals surface area contributed by atoms with E-state index in [-0.39, 0.29) is 6.61 Å². The van der Waals surface area contributed by atoms with E-state index in [0.717, 1.165) is 9.26 Å². The number of nitrogens with one attached hydrogen (secondary N) is 1. The lowest BCUT2D eigenvalue weighted by molar-refractivity contribution is 0.0634. The van der Waals surface area contributed by atoms with Gasteiger partial charge in [0.25, 0.3) is 0 Å². The fraction of sp³-hybridized carbons (Fsp3) is 0.636. The van der Waals surface area contributed by atoms with Crippen LogP contribution in [0.3, 0.4) is 0 Å². The lowest BCUT2D eigenvalue weighted by Gasteiger charge is -2.20. The summed E-state index contributed by atoms with van der Waals surface area (Å²) in [6.45, 7) is 7.53. The van der Waals surface area contributed by atoms with Gasteiger partial charge in [0.05, 0.1) is 22.4 Å². The first kappa shape index (κ1) is 15.2. The van der Waals surface area contributed by atoms with Crippen molar-refractivity contribution in [2.45, 2.75) is 39.8 Å². The van der Waals surface area contributed by atoms with E-state index < -0.39 is 11.7 Å². The van der Waals surface area contributed by atoms with Crippen LogP contribution in [0.5, 0.6) is 0 Å². The molecule has 7 heteroatoms. The van der Waals surface area contributed by atoms with Gasteiger partial charge in [-0.2, -0.15) is 5.10 Å². The Kier molecular flexibility index (Phi) is 4.97. The Hall–Kier alpha value is -0.830. The Morgan fingerprint density at radius 3 is 2.67 bits per heavy atom. The fourth-order valence-corrected chi connectivity index (χ4v) is 1.86. The van der Waals surface area contributed by atoms with Gasteiger partial charge in [0.15, 0.2) is 0 Å². The molecule has 0 unspecified atom stereocenters. The summed E-state index contributed by atoms with van der Waals surface area (Å²) in [5, 5.41) is 15.8. The van der Waals surface area contributed by atoms with Crippen LogP contribution in [0.25, 0.3) is 0 Å². The molecule has 1 amide bonds. The van der Waals surface area contributed by atoms with Gasteiger partial charge < -0.3 is 9.84 Å². The Balaban J connectivity index is 2.86. The van der Waals surface area contributed by atoms with Gasteiger partial charge in [-0.25, -0.2) is 9.48 Å². The number of aliphatic hydroxyl groups excluding tert-OH is 1. The summed E-state index contributed by atoms with van der Waals surface area (Å²) < 4.78 is 7.58. The average Bonchev–Trinajstić information content (AvgIpc) is 2.44. The number of hydrogen-bond donors (Lipinski definition) is 2. The van der Waals surface area contributed by atoms with E-state index in [1.54, 1.807) is 25.5 Å². The summed E-state index contributed by atoms with van der Waals surface area (Å²) in [6.07, 6.45) is -0.528. The summed E-state index contributed by atoms with van der Waals surface area (Å²) in [4.78, 5) is 11.7. The number of halogens is 1. The number of hydrogen-bond acceptors (Lipinski definition) is 4. The lowest BCUT2D eigenvalue weighted by Crippen LogP contribution is -2.28. The molecule has 0 saturated heterocycles. The first-order valence-electron chi connectivity index (χ1n) is 5.58. The van der Waals surface area contributed by atoms with E-state index in [9.17, 15) is 4.79 Å². The minimum Gasteiger partial charge on any atom is -0.444 e. The van der Waals surface area contributed by atoms with E-state index >= 15 is 0 Å². The van der Waals surface area contributed by atoms with Gasteiger partial charge in [0, 0.05) is 0 Å². The highest BCUT2D eigenvalue weighted by atomic mass is 127. The molecule has 1 aromatic heterocycles. The zero-order valence-electron chi connectivity index (χ0n) is 11.0. The normalized spacial score (nSPS) is 11.4. The lowest BCUT2D eigenvalue weighted by atomic mass is 10.2. The number of aliphatic hydroxyl groups is 1. The second-order valence-corrected chi connectivity index (χ2v) is 5.90. The minimum absolute atomic E-state index is 0.0415. The Bertz CT molecular complexity index is 437. The van der Waals surface area contributed by atoms with Gasteiger partial charge in [0.2, 0.25) is 0 Å². The highest BCUT2D eigenvalue weighted by Gasteiger charge is 2.20. The van der Waals surface area contributed by atoms with Gasteiger partial charge in [-0.05, 0) is 50.3 Å². The van der Waals surface area contributed by atoms with Crippen molar-refractivity contribution in [2.24, 2.45) is 0 Å². The second-order valence-electron chi connectivity index (χ2n) is 4.82. The third kappa shape index (κ3) is 4.13. The topological polar surface area (TPSA) is 76.4 Å². The van der Waals surface area contributed by atoms with Gasteiger partial charge in [-0.3, -0.25) is 5.32 Å². The zero-order valence-corrected chi connectivity index (χ0v) is 13.1. The van der Waals surface area contributed by atoms with Crippen molar-refractivity contribution in [3.8, 4) is 0 Å². The predicted octanol–water partition coefficient (Wildman–Crippen LogP) is 2.14. The molecule has 0 saturated carbocycles. The fourth-order valence-electron chi connectivity index (χ4n) is 1.34. The Morgan fingerprint density at radius 2 is 2.17 bits per heavy atom. The van der Waals surface area contributed by atoms with E-state index in [2.05, 4.69) is 33.0 Å². The maximum absolute atomic E-state index is 11.7. The summed E-state index contributed by atoms with van der Waals surface area (Å²) >= 11 is 2.10.